The first-order valence-corrected chi connectivity index (χ1v) is 7.50. The molecule has 0 aliphatic carbocycles. The predicted octanol–water partition coefficient (Wildman–Crippen LogP) is 2.67. The summed E-state index contributed by atoms with van der Waals surface area (Å²) in [6.45, 7) is 4.18. The topological polar surface area (TPSA) is 37.6 Å². The van der Waals surface area contributed by atoms with Crippen molar-refractivity contribution in [1.29, 1.82) is 0 Å². The molecule has 3 rings (SSSR count). The predicted molar refractivity (Wildman–Crippen MR) is 82.6 cm³/mol. The highest BCUT2D eigenvalue weighted by Gasteiger charge is 2.25. The number of nitrogens with zero attached hydrogens (tertiary/aromatic N) is 1. The molecule has 4 heteroatoms. The highest BCUT2D eigenvalue weighted by Crippen LogP contribution is 2.31. The van der Waals surface area contributed by atoms with Gasteiger partial charge in [-0.3, -0.25) is 4.90 Å². The second kappa shape index (κ2) is 6.78. The molecule has 2 heterocycles. The third kappa shape index (κ3) is 3.28. The maximum atomic E-state index is 5.71. The van der Waals surface area contributed by atoms with Gasteiger partial charge in [-0.05, 0) is 42.8 Å². The zero-order chi connectivity index (χ0) is 14.5. The van der Waals surface area contributed by atoms with Crippen LogP contribution < -0.4 is 10.1 Å². The van der Waals surface area contributed by atoms with Crippen LogP contribution in [-0.2, 0) is 0 Å². The van der Waals surface area contributed by atoms with E-state index in [-0.39, 0.29) is 6.04 Å². The zero-order valence-corrected chi connectivity index (χ0v) is 12.4. The van der Waals surface area contributed by atoms with Gasteiger partial charge in [0, 0.05) is 19.6 Å². The highest BCUT2D eigenvalue weighted by atomic mass is 16.5. The molecule has 112 valence electrons. The van der Waals surface area contributed by atoms with Gasteiger partial charge in [-0.1, -0.05) is 12.1 Å². The number of nitrogens with one attached hydrogen (secondary N) is 1. The van der Waals surface area contributed by atoms with Crippen molar-refractivity contribution in [3.05, 3.63) is 54.0 Å². The van der Waals surface area contributed by atoms with Gasteiger partial charge in [0.15, 0.2) is 0 Å². The van der Waals surface area contributed by atoms with Gasteiger partial charge in [0.25, 0.3) is 0 Å². The lowest BCUT2D eigenvalue weighted by molar-refractivity contribution is 0.215. The second-order valence-electron chi connectivity index (χ2n) is 5.33. The molecule has 1 aromatic carbocycles. The first-order chi connectivity index (χ1) is 10.4. The molecule has 1 unspecified atom stereocenters. The number of furan rings is 1. The molecule has 1 aliphatic heterocycles. The Balaban J connectivity index is 1.95. The molecule has 0 radical (unpaired) electrons. The van der Waals surface area contributed by atoms with Crippen molar-refractivity contribution in [2.45, 2.75) is 12.5 Å². The Bertz CT molecular complexity index is 546. The number of hydrogen-bond donors (Lipinski definition) is 1. The largest absolute Gasteiger partial charge is 0.497 e. The summed E-state index contributed by atoms with van der Waals surface area (Å²) in [5, 5.41) is 3.45. The fourth-order valence-electron chi connectivity index (χ4n) is 2.94. The summed E-state index contributed by atoms with van der Waals surface area (Å²) < 4.78 is 11.1. The van der Waals surface area contributed by atoms with Crippen molar-refractivity contribution >= 4 is 0 Å². The van der Waals surface area contributed by atoms with Gasteiger partial charge in [0.2, 0.25) is 0 Å². The van der Waals surface area contributed by atoms with E-state index in [1.54, 1.807) is 13.4 Å². The van der Waals surface area contributed by atoms with Crippen molar-refractivity contribution in [3.8, 4) is 5.75 Å². The molecule has 0 saturated carbocycles. The molecule has 1 saturated heterocycles. The van der Waals surface area contributed by atoms with E-state index in [2.05, 4.69) is 28.4 Å². The Hall–Kier alpha value is -1.78. The first kappa shape index (κ1) is 14.2. The van der Waals surface area contributed by atoms with Gasteiger partial charge in [-0.25, -0.2) is 0 Å². The third-order valence-corrected chi connectivity index (χ3v) is 3.96. The minimum atomic E-state index is 0.148. The van der Waals surface area contributed by atoms with Crippen molar-refractivity contribution < 1.29 is 9.15 Å². The fourth-order valence-corrected chi connectivity index (χ4v) is 2.94. The minimum Gasteiger partial charge on any atom is -0.497 e. The molecule has 1 aliphatic rings. The van der Waals surface area contributed by atoms with E-state index in [4.69, 9.17) is 9.15 Å². The van der Waals surface area contributed by atoms with Crippen molar-refractivity contribution in [2.24, 2.45) is 0 Å². The molecular formula is C17H22N2O2. The molecule has 1 N–H and O–H groups in total. The summed E-state index contributed by atoms with van der Waals surface area (Å²) >= 11 is 0. The maximum Gasteiger partial charge on any atom is 0.125 e. The number of ether oxygens (including phenoxy) is 1. The molecule has 0 spiro atoms. The molecule has 21 heavy (non-hydrogen) atoms. The van der Waals surface area contributed by atoms with Gasteiger partial charge >= 0.3 is 0 Å². The Morgan fingerprint density at radius 3 is 2.95 bits per heavy atom. The number of hydrogen-bond acceptors (Lipinski definition) is 4. The van der Waals surface area contributed by atoms with E-state index in [0.717, 1.165) is 44.1 Å². The van der Waals surface area contributed by atoms with Crippen LogP contribution >= 0.6 is 0 Å². The van der Waals surface area contributed by atoms with E-state index >= 15 is 0 Å². The van der Waals surface area contributed by atoms with Crippen molar-refractivity contribution in [1.82, 2.24) is 10.2 Å². The van der Waals surface area contributed by atoms with Gasteiger partial charge in [0.1, 0.15) is 11.5 Å². The smallest absolute Gasteiger partial charge is 0.125 e. The van der Waals surface area contributed by atoms with E-state index in [0.29, 0.717) is 0 Å². The van der Waals surface area contributed by atoms with E-state index < -0.39 is 0 Å². The Kier molecular flexibility index (Phi) is 4.58. The quantitative estimate of drug-likeness (QED) is 0.937. The van der Waals surface area contributed by atoms with Crippen LogP contribution in [0.1, 0.15) is 23.8 Å². The number of methoxy groups -OCH3 is 1. The Morgan fingerprint density at radius 1 is 1.19 bits per heavy atom. The lowest BCUT2D eigenvalue weighted by Crippen LogP contribution is -2.32. The molecule has 1 atom stereocenters. The number of benzene rings is 1. The average Bonchev–Trinajstić information content (AvgIpc) is 2.91. The lowest BCUT2D eigenvalue weighted by Gasteiger charge is -2.29. The van der Waals surface area contributed by atoms with Crippen LogP contribution in [0.2, 0.25) is 0 Å². The van der Waals surface area contributed by atoms with E-state index in [1.165, 1.54) is 5.56 Å². The van der Waals surface area contributed by atoms with Crippen LogP contribution in [0, 0.1) is 0 Å². The Morgan fingerprint density at radius 2 is 2.14 bits per heavy atom. The lowest BCUT2D eigenvalue weighted by atomic mass is 10.0. The van der Waals surface area contributed by atoms with Crippen molar-refractivity contribution in [3.63, 3.8) is 0 Å². The van der Waals surface area contributed by atoms with Gasteiger partial charge in [0.05, 0.1) is 19.4 Å². The van der Waals surface area contributed by atoms with Crippen LogP contribution in [0.25, 0.3) is 0 Å². The van der Waals surface area contributed by atoms with Crippen LogP contribution in [0.15, 0.2) is 47.1 Å². The van der Waals surface area contributed by atoms with Crippen LogP contribution in [0.3, 0.4) is 0 Å². The minimum absolute atomic E-state index is 0.148. The third-order valence-electron chi connectivity index (χ3n) is 3.96. The second-order valence-corrected chi connectivity index (χ2v) is 5.33. The first-order valence-electron chi connectivity index (χ1n) is 7.50. The summed E-state index contributed by atoms with van der Waals surface area (Å²) in [5.74, 6) is 1.88. The van der Waals surface area contributed by atoms with Crippen molar-refractivity contribution in [2.75, 3.05) is 33.3 Å². The van der Waals surface area contributed by atoms with Crippen LogP contribution in [0.5, 0.6) is 5.75 Å². The molecular weight excluding hydrogens is 264 g/mol. The molecule has 4 nitrogen and oxygen atoms in total. The van der Waals surface area contributed by atoms with Crippen LogP contribution in [0.4, 0.5) is 0 Å². The van der Waals surface area contributed by atoms with Gasteiger partial charge in [-0.2, -0.15) is 0 Å². The highest BCUT2D eigenvalue weighted by molar-refractivity contribution is 5.34. The summed E-state index contributed by atoms with van der Waals surface area (Å²) in [5.41, 5.74) is 1.21. The molecule has 0 amide bonds. The maximum absolute atomic E-state index is 5.71. The summed E-state index contributed by atoms with van der Waals surface area (Å²) in [4.78, 5) is 2.48. The van der Waals surface area contributed by atoms with E-state index in [9.17, 15) is 0 Å². The van der Waals surface area contributed by atoms with Crippen LogP contribution in [-0.4, -0.2) is 38.2 Å². The summed E-state index contributed by atoms with van der Waals surface area (Å²) in [7, 11) is 1.71. The zero-order valence-electron chi connectivity index (χ0n) is 12.4. The summed E-state index contributed by atoms with van der Waals surface area (Å²) in [6.07, 6.45) is 2.90. The summed E-state index contributed by atoms with van der Waals surface area (Å²) in [6, 6.07) is 12.4. The SMILES string of the molecule is COc1cccc(C(c2ccco2)N2CCCNCC2)c1. The molecule has 0 bridgehead atoms. The monoisotopic (exact) mass is 286 g/mol. The average molecular weight is 286 g/mol. The van der Waals surface area contributed by atoms with Gasteiger partial charge in [-0.15, -0.1) is 0 Å². The Labute approximate surface area is 125 Å². The normalized spacial score (nSPS) is 18.1. The molecule has 1 aromatic heterocycles. The molecule has 1 fully saturated rings. The fraction of sp³-hybridized carbons (Fsp3) is 0.412. The van der Waals surface area contributed by atoms with Gasteiger partial charge < -0.3 is 14.5 Å². The molecule has 2 aromatic rings. The number of rotatable bonds is 4. The van der Waals surface area contributed by atoms with E-state index in [1.807, 2.05) is 18.2 Å². The standard InChI is InChI=1S/C17H22N2O2/c1-20-15-6-2-5-14(13-15)17(16-7-3-12-21-16)19-10-4-8-18-9-11-19/h2-3,5-7,12-13,17-18H,4,8-11H2,1H3.